The summed E-state index contributed by atoms with van der Waals surface area (Å²) in [5.74, 6) is 0.804. The molecule has 2 N–H and O–H groups in total. The Morgan fingerprint density at radius 2 is 2.21 bits per heavy atom. The highest BCUT2D eigenvalue weighted by atomic mass is 32.1. The zero-order valence-corrected chi connectivity index (χ0v) is 12.6. The van der Waals surface area contributed by atoms with Crippen LogP contribution >= 0.6 is 11.3 Å². The zero-order chi connectivity index (χ0) is 13.7. The van der Waals surface area contributed by atoms with E-state index in [1.807, 2.05) is 14.0 Å². The molecule has 2 rings (SSSR count). The Morgan fingerprint density at radius 1 is 1.47 bits per heavy atom. The topological polar surface area (TPSA) is 41.1 Å². The van der Waals surface area contributed by atoms with E-state index in [-0.39, 0.29) is 17.9 Å². The Morgan fingerprint density at radius 3 is 2.79 bits per heavy atom. The number of carbonyl (C=O) groups excluding carboxylic acids is 1. The number of thiophene rings is 1. The Kier molecular flexibility index (Phi) is 5.40. The molecule has 1 fully saturated rings. The van der Waals surface area contributed by atoms with Gasteiger partial charge >= 0.3 is 0 Å². The zero-order valence-electron chi connectivity index (χ0n) is 11.8. The molecule has 1 aromatic heterocycles. The van der Waals surface area contributed by atoms with Gasteiger partial charge in [0.05, 0.1) is 6.04 Å². The second-order valence-electron chi connectivity index (χ2n) is 5.50. The van der Waals surface area contributed by atoms with Crippen LogP contribution < -0.4 is 10.6 Å². The van der Waals surface area contributed by atoms with Gasteiger partial charge in [0.15, 0.2) is 0 Å². The SMILES string of the molecule is CNCC(C)C(=O)NC(c1cccs1)C1CCCC1. The quantitative estimate of drug-likeness (QED) is 0.841. The third-order valence-electron chi connectivity index (χ3n) is 3.98. The molecule has 0 aliphatic heterocycles. The van der Waals surface area contributed by atoms with E-state index in [4.69, 9.17) is 0 Å². The van der Waals surface area contributed by atoms with Crippen molar-refractivity contribution in [3.05, 3.63) is 22.4 Å². The van der Waals surface area contributed by atoms with Crippen LogP contribution in [-0.4, -0.2) is 19.5 Å². The average Bonchev–Trinajstić information content (AvgIpc) is 3.09. The maximum absolute atomic E-state index is 12.2. The summed E-state index contributed by atoms with van der Waals surface area (Å²) in [6.07, 6.45) is 5.08. The predicted molar refractivity (Wildman–Crippen MR) is 80.3 cm³/mol. The van der Waals surface area contributed by atoms with Crippen LogP contribution in [0.25, 0.3) is 0 Å². The lowest BCUT2D eigenvalue weighted by Crippen LogP contribution is -2.38. The predicted octanol–water partition coefficient (Wildman–Crippen LogP) is 2.95. The van der Waals surface area contributed by atoms with Gasteiger partial charge in [-0.25, -0.2) is 0 Å². The lowest BCUT2D eigenvalue weighted by Gasteiger charge is -2.25. The molecule has 4 heteroatoms. The van der Waals surface area contributed by atoms with Crippen LogP contribution in [0, 0.1) is 11.8 Å². The number of hydrogen-bond acceptors (Lipinski definition) is 3. The lowest BCUT2D eigenvalue weighted by molar-refractivity contribution is -0.125. The highest BCUT2D eigenvalue weighted by Gasteiger charge is 2.29. The fourth-order valence-corrected chi connectivity index (χ4v) is 3.74. The second kappa shape index (κ2) is 7.06. The largest absolute Gasteiger partial charge is 0.348 e. The lowest BCUT2D eigenvalue weighted by atomic mass is 9.96. The Hall–Kier alpha value is -0.870. The summed E-state index contributed by atoms with van der Waals surface area (Å²) in [5.41, 5.74) is 0. The summed E-state index contributed by atoms with van der Waals surface area (Å²) in [4.78, 5) is 13.6. The maximum Gasteiger partial charge on any atom is 0.224 e. The van der Waals surface area contributed by atoms with Gasteiger partial charge in [0.1, 0.15) is 0 Å². The van der Waals surface area contributed by atoms with Gasteiger partial charge in [-0.05, 0) is 37.3 Å². The van der Waals surface area contributed by atoms with Crippen molar-refractivity contribution < 1.29 is 4.79 Å². The summed E-state index contributed by atoms with van der Waals surface area (Å²) in [5, 5.41) is 8.44. The first-order valence-electron chi connectivity index (χ1n) is 7.20. The summed E-state index contributed by atoms with van der Waals surface area (Å²) >= 11 is 1.75. The standard InChI is InChI=1S/C15H24N2OS/c1-11(10-16-2)15(18)17-14(12-6-3-4-7-12)13-8-5-9-19-13/h5,8-9,11-12,14,16H,3-4,6-7,10H2,1-2H3,(H,17,18). The van der Waals surface area contributed by atoms with Crippen molar-refractivity contribution in [1.29, 1.82) is 0 Å². The molecule has 3 nitrogen and oxygen atoms in total. The molecule has 1 saturated carbocycles. The van der Waals surface area contributed by atoms with Crippen LogP contribution in [-0.2, 0) is 4.79 Å². The fraction of sp³-hybridized carbons (Fsp3) is 0.667. The van der Waals surface area contributed by atoms with Crippen molar-refractivity contribution in [2.24, 2.45) is 11.8 Å². The third-order valence-corrected chi connectivity index (χ3v) is 4.93. The van der Waals surface area contributed by atoms with Crippen molar-refractivity contribution in [3.8, 4) is 0 Å². The highest BCUT2D eigenvalue weighted by molar-refractivity contribution is 7.10. The molecule has 0 bridgehead atoms. The summed E-state index contributed by atoms with van der Waals surface area (Å²) in [6.45, 7) is 2.71. The van der Waals surface area contributed by atoms with Gasteiger partial charge in [-0.3, -0.25) is 4.79 Å². The molecular weight excluding hydrogens is 256 g/mol. The van der Waals surface area contributed by atoms with E-state index in [0.717, 1.165) is 6.54 Å². The van der Waals surface area contributed by atoms with Crippen molar-refractivity contribution in [1.82, 2.24) is 10.6 Å². The first-order valence-corrected chi connectivity index (χ1v) is 8.08. The van der Waals surface area contributed by atoms with Crippen molar-refractivity contribution in [2.75, 3.05) is 13.6 Å². The number of rotatable bonds is 6. The smallest absolute Gasteiger partial charge is 0.224 e. The van der Waals surface area contributed by atoms with Gasteiger partial charge < -0.3 is 10.6 Å². The molecule has 19 heavy (non-hydrogen) atoms. The molecule has 2 unspecified atom stereocenters. The molecule has 1 aromatic rings. The van der Waals surface area contributed by atoms with E-state index in [1.54, 1.807) is 11.3 Å². The van der Waals surface area contributed by atoms with Crippen LogP contribution in [0.5, 0.6) is 0 Å². The molecule has 0 spiro atoms. The second-order valence-corrected chi connectivity index (χ2v) is 6.48. The molecule has 1 aliphatic carbocycles. The molecule has 0 radical (unpaired) electrons. The van der Waals surface area contributed by atoms with E-state index in [0.29, 0.717) is 5.92 Å². The van der Waals surface area contributed by atoms with E-state index in [2.05, 4.69) is 28.1 Å². The first kappa shape index (κ1) is 14.5. The van der Waals surface area contributed by atoms with Crippen LogP contribution in [0.2, 0.25) is 0 Å². The summed E-state index contributed by atoms with van der Waals surface area (Å²) < 4.78 is 0. The number of hydrogen-bond donors (Lipinski definition) is 2. The molecule has 1 aliphatic rings. The molecule has 1 heterocycles. The minimum Gasteiger partial charge on any atom is -0.348 e. The van der Waals surface area contributed by atoms with Crippen LogP contribution in [0.1, 0.15) is 43.5 Å². The van der Waals surface area contributed by atoms with Gasteiger partial charge in [0, 0.05) is 17.3 Å². The normalized spacial score (nSPS) is 19.3. The highest BCUT2D eigenvalue weighted by Crippen LogP contribution is 2.37. The fourth-order valence-electron chi connectivity index (χ4n) is 2.87. The monoisotopic (exact) mass is 280 g/mol. The summed E-state index contributed by atoms with van der Waals surface area (Å²) in [7, 11) is 1.89. The van der Waals surface area contributed by atoms with Gasteiger partial charge in [-0.2, -0.15) is 0 Å². The Bertz CT molecular complexity index is 385. The number of carbonyl (C=O) groups is 1. The minimum absolute atomic E-state index is 0.0221. The van der Waals surface area contributed by atoms with E-state index < -0.39 is 0 Å². The van der Waals surface area contributed by atoms with Crippen LogP contribution in [0.15, 0.2) is 17.5 Å². The van der Waals surface area contributed by atoms with Gasteiger partial charge in [0.2, 0.25) is 5.91 Å². The Labute approximate surface area is 119 Å². The number of nitrogens with one attached hydrogen (secondary N) is 2. The van der Waals surface area contributed by atoms with Gasteiger partial charge in [-0.1, -0.05) is 25.8 Å². The third kappa shape index (κ3) is 3.80. The molecule has 0 saturated heterocycles. The van der Waals surface area contributed by atoms with Crippen LogP contribution in [0.3, 0.4) is 0 Å². The van der Waals surface area contributed by atoms with E-state index in [9.17, 15) is 4.79 Å². The summed E-state index contributed by atoms with van der Waals surface area (Å²) in [6, 6.07) is 4.44. The molecule has 106 valence electrons. The maximum atomic E-state index is 12.2. The molecule has 0 aromatic carbocycles. The average molecular weight is 280 g/mol. The van der Waals surface area contributed by atoms with Crippen molar-refractivity contribution in [3.63, 3.8) is 0 Å². The van der Waals surface area contributed by atoms with Crippen molar-refractivity contribution >= 4 is 17.2 Å². The van der Waals surface area contributed by atoms with Crippen LogP contribution in [0.4, 0.5) is 0 Å². The van der Waals surface area contributed by atoms with Crippen molar-refractivity contribution in [2.45, 2.75) is 38.6 Å². The van der Waals surface area contributed by atoms with Gasteiger partial charge in [-0.15, -0.1) is 11.3 Å². The van der Waals surface area contributed by atoms with Gasteiger partial charge in [0.25, 0.3) is 0 Å². The minimum atomic E-state index is 0.0221. The molecular formula is C15H24N2OS. The van der Waals surface area contributed by atoms with E-state index in [1.165, 1.54) is 30.6 Å². The molecule has 1 amide bonds. The Balaban J connectivity index is 2.03. The number of amides is 1. The van der Waals surface area contributed by atoms with E-state index >= 15 is 0 Å². The molecule has 2 atom stereocenters. The first-order chi connectivity index (χ1) is 9.22.